The van der Waals surface area contributed by atoms with Gasteiger partial charge >= 0.3 is 0 Å². The van der Waals surface area contributed by atoms with Crippen molar-refractivity contribution in [3.63, 3.8) is 0 Å². The molecule has 4 aromatic rings. The first-order chi connectivity index (χ1) is 14.7. The van der Waals surface area contributed by atoms with E-state index in [2.05, 4.69) is 32.1 Å². The summed E-state index contributed by atoms with van der Waals surface area (Å²) in [5, 5.41) is 3.75. The van der Waals surface area contributed by atoms with E-state index in [1.165, 1.54) is 24.3 Å². The standard InChI is InChI=1S/C23H21ClN4O2S/c1-14-12-15(2)21(16(3)13-14)27-22-23(26-20-7-5-4-6-19(20)25-22)28-31(29,30)18-10-8-17(24)9-11-18/h4-13H,1-3H3,(H,25,27)(H,26,28). The average molecular weight is 453 g/mol. The first-order valence-corrected chi connectivity index (χ1v) is 11.5. The maximum absolute atomic E-state index is 13.0. The van der Waals surface area contributed by atoms with Gasteiger partial charge in [0.15, 0.2) is 11.6 Å². The van der Waals surface area contributed by atoms with E-state index in [-0.39, 0.29) is 10.7 Å². The summed E-state index contributed by atoms with van der Waals surface area (Å²) >= 11 is 5.90. The lowest BCUT2D eigenvalue weighted by Crippen LogP contribution is -2.16. The van der Waals surface area contributed by atoms with Crippen molar-refractivity contribution in [2.45, 2.75) is 25.7 Å². The number of hydrogen-bond acceptors (Lipinski definition) is 5. The second-order valence-corrected chi connectivity index (χ2v) is 9.49. The van der Waals surface area contributed by atoms with Crippen molar-refractivity contribution in [1.82, 2.24) is 9.97 Å². The predicted molar refractivity (Wildman–Crippen MR) is 126 cm³/mol. The second kappa shape index (κ2) is 8.17. The van der Waals surface area contributed by atoms with Gasteiger partial charge in [-0.25, -0.2) is 18.4 Å². The number of aryl methyl sites for hydroxylation is 3. The zero-order valence-electron chi connectivity index (χ0n) is 17.3. The monoisotopic (exact) mass is 452 g/mol. The van der Waals surface area contributed by atoms with Crippen molar-refractivity contribution in [2.75, 3.05) is 10.0 Å². The number of hydrogen-bond donors (Lipinski definition) is 2. The van der Waals surface area contributed by atoms with Crippen molar-refractivity contribution in [2.24, 2.45) is 0 Å². The number of nitrogens with zero attached hydrogens (tertiary/aromatic N) is 2. The van der Waals surface area contributed by atoms with Crippen molar-refractivity contribution in [3.05, 3.63) is 82.4 Å². The number of fused-ring (bicyclic) bond motifs is 1. The van der Waals surface area contributed by atoms with Gasteiger partial charge in [0.2, 0.25) is 0 Å². The van der Waals surface area contributed by atoms with Crippen LogP contribution in [0, 0.1) is 20.8 Å². The van der Waals surface area contributed by atoms with Gasteiger partial charge in [-0.3, -0.25) is 4.72 Å². The van der Waals surface area contributed by atoms with Crippen LogP contribution in [0.25, 0.3) is 11.0 Å². The Morgan fingerprint density at radius 1 is 0.806 bits per heavy atom. The Balaban J connectivity index is 1.81. The summed E-state index contributed by atoms with van der Waals surface area (Å²) in [6.45, 7) is 6.02. The molecule has 158 valence electrons. The topological polar surface area (TPSA) is 84.0 Å². The lowest BCUT2D eigenvalue weighted by molar-refractivity contribution is 0.601. The summed E-state index contributed by atoms with van der Waals surface area (Å²) in [6.07, 6.45) is 0. The number of aromatic nitrogens is 2. The van der Waals surface area contributed by atoms with Gasteiger partial charge < -0.3 is 5.32 Å². The van der Waals surface area contributed by atoms with Crippen LogP contribution in [0.5, 0.6) is 0 Å². The fourth-order valence-electron chi connectivity index (χ4n) is 3.45. The molecule has 0 spiro atoms. The fourth-order valence-corrected chi connectivity index (χ4v) is 4.59. The van der Waals surface area contributed by atoms with Gasteiger partial charge in [-0.2, -0.15) is 0 Å². The molecule has 0 saturated carbocycles. The molecule has 0 atom stereocenters. The first-order valence-electron chi connectivity index (χ1n) is 9.63. The third-order valence-corrected chi connectivity index (χ3v) is 6.45. The molecule has 1 heterocycles. The van der Waals surface area contributed by atoms with Gasteiger partial charge in [0, 0.05) is 10.7 Å². The molecular weight excluding hydrogens is 432 g/mol. The van der Waals surface area contributed by atoms with Gasteiger partial charge in [-0.1, -0.05) is 41.4 Å². The minimum atomic E-state index is -3.89. The minimum Gasteiger partial charge on any atom is -0.337 e. The first kappa shape index (κ1) is 21.1. The van der Waals surface area contributed by atoms with E-state index in [0.29, 0.717) is 21.9 Å². The van der Waals surface area contributed by atoms with E-state index in [1.54, 1.807) is 6.07 Å². The van der Waals surface area contributed by atoms with Crippen LogP contribution in [-0.4, -0.2) is 18.4 Å². The molecule has 2 N–H and O–H groups in total. The van der Waals surface area contributed by atoms with E-state index in [4.69, 9.17) is 11.6 Å². The van der Waals surface area contributed by atoms with E-state index in [9.17, 15) is 8.42 Å². The van der Waals surface area contributed by atoms with Crippen LogP contribution in [0.2, 0.25) is 5.02 Å². The Labute approximate surface area is 186 Å². The van der Waals surface area contributed by atoms with Crippen LogP contribution in [-0.2, 0) is 10.0 Å². The van der Waals surface area contributed by atoms with E-state index >= 15 is 0 Å². The van der Waals surface area contributed by atoms with Crippen molar-refractivity contribution >= 4 is 50.0 Å². The highest BCUT2D eigenvalue weighted by molar-refractivity contribution is 7.92. The largest absolute Gasteiger partial charge is 0.337 e. The molecule has 0 radical (unpaired) electrons. The molecular formula is C23H21ClN4O2S. The highest BCUT2D eigenvalue weighted by atomic mass is 35.5. The molecule has 31 heavy (non-hydrogen) atoms. The molecule has 0 bridgehead atoms. The van der Waals surface area contributed by atoms with E-state index in [0.717, 1.165) is 22.4 Å². The Hall–Kier alpha value is -3.16. The smallest absolute Gasteiger partial charge is 0.263 e. The van der Waals surface area contributed by atoms with Crippen molar-refractivity contribution in [1.29, 1.82) is 0 Å². The number of nitrogens with one attached hydrogen (secondary N) is 2. The Morgan fingerprint density at radius 3 is 1.94 bits per heavy atom. The summed E-state index contributed by atoms with van der Waals surface area (Å²) in [6, 6.07) is 17.4. The number of sulfonamides is 1. The number of anilines is 3. The normalized spacial score (nSPS) is 11.5. The van der Waals surface area contributed by atoms with Crippen molar-refractivity contribution < 1.29 is 8.42 Å². The molecule has 0 aliphatic heterocycles. The number of benzene rings is 3. The summed E-state index contributed by atoms with van der Waals surface area (Å²) < 4.78 is 28.5. The molecule has 4 rings (SSSR count). The minimum absolute atomic E-state index is 0.0838. The molecule has 0 aliphatic rings. The quantitative estimate of drug-likeness (QED) is 0.402. The van der Waals surface area contributed by atoms with Gasteiger partial charge in [0.1, 0.15) is 0 Å². The third-order valence-electron chi connectivity index (χ3n) is 4.85. The Kier molecular flexibility index (Phi) is 5.56. The van der Waals surface area contributed by atoms with Gasteiger partial charge in [0.05, 0.1) is 15.9 Å². The number of halogens is 1. The number of rotatable bonds is 5. The highest BCUT2D eigenvalue weighted by Crippen LogP contribution is 2.31. The second-order valence-electron chi connectivity index (χ2n) is 7.37. The lowest BCUT2D eigenvalue weighted by Gasteiger charge is -2.17. The molecule has 3 aromatic carbocycles. The maximum Gasteiger partial charge on any atom is 0.263 e. The van der Waals surface area contributed by atoms with Crippen molar-refractivity contribution in [3.8, 4) is 0 Å². The number of para-hydroxylation sites is 2. The summed E-state index contributed by atoms with van der Waals surface area (Å²) in [5.74, 6) is 0.444. The average Bonchev–Trinajstić information content (AvgIpc) is 2.71. The highest BCUT2D eigenvalue weighted by Gasteiger charge is 2.20. The van der Waals surface area contributed by atoms with E-state index < -0.39 is 10.0 Å². The SMILES string of the molecule is Cc1cc(C)c(Nc2nc3ccccc3nc2NS(=O)(=O)c2ccc(Cl)cc2)c(C)c1. The molecule has 6 nitrogen and oxygen atoms in total. The molecule has 8 heteroatoms. The zero-order valence-corrected chi connectivity index (χ0v) is 18.8. The fraction of sp³-hybridized carbons (Fsp3) is 0.130. The van der Waals surface area contributed by atoms with Crippen LogP contribution in [0.4, 0.5) is 17.3 Å². The molecule has 0 saturated heterocycles. The lowest BCUT2D eigenvalue weighted by atomic mass is 10.1. The zero-order chi connectivity index (χ0) is 22.2. The van der Waals surface area contributed by atoms with Gasteiger partial charge in [-0.15, -0.1) is 0 Å². The molecule has 0 amide bonds. The third kappa shape index (κ3) is 4.47. The Morgan fingerprint density at radius 2 is 1.35 bits per heavy atom. The van der Waals surface area contributed by atoms with E-state index in [1.807, 2.05) is 39.0 Å². The van der Waals surface area contributed by atoms with Crippen LogP contribution in [0.3, 0.4) is 0 Å². The Bertz CT molecular complexity index is 1360. The summed E-state index contributed by atoms with van der Waals surface area (Å²) in [5.41, 5.74) is 5.30. The maximum atomic E-state index is 13.0. The van der Waals surface area contributed by atoms with Crippen LogP contribution < -0.4 is 10.0 Å². The predicted octanol–water partition coefficient (Wildman–Crippen LogP) is 5.75. The van der Waals surface area contributed by atoms with Gasteiger partial charge in [0.25, 0.3) is 10.0 Å². The molecule has 1 aromatic heterocycles. The summed E-state index contributed by atoms with van der Waals surface area (Å²) in [4.78, 5) is 9.26. The van der Waals surface area contributed by atoms with Crippen LogP contribution in [0.1, 0.15) is 16.7 Å². The summed E-state index contributed by atoms with van der Waals surface area (Å²) in [7, 11) is -3.89. The molecule has 0 unspecified atom stereocenters. The van der Waals surface area contributed by atoms with Crippen LogP contribution in [0.15, 0.2) is 65.6 Å². The van der Waals surface area contributed by atoms with Gasteiger partial charge in [-0.05, 0) is 68.3 Å². The van der Waals surface area contributed by atoms with Crippen LogP contribution >= 0.6 is 11.6 Å². The molecule has 0 fully saturated rings. The molecule has 0 aliphatic carbocycles.